The fraction of sp³-hybridized carbons (Fsp3) is 0.846. The fourth-order valence-electron chi connectivity index (χ4n) is 2.58. The summed E-state index contributed by atoms with van der Waals surface area (Å²) in [6.45, 7) is 6.87. The summed E-state index contributed by atoms with van der Waals surface area (Å²) in [5.74, 6) is -0.860. The number of nitrogens with zero attached hydrogens (tertiary/aromatic N) is 2. The molecule has 2 atom stereocenters. The van der Waals surface area contributed by atoms with Gasteiger partial charge >= 0.3 is 12.0 Å². The van der Waals surface area contributed by atoms with Crippen LogP contribution >= 0.6 is 0 Å². The van der Waals surface area contributed by atoms with E-state index in [9.17, 15) is 9.59 Å². The number of hydrogen-bond acceptors (Lipinski definition) is 2. The van der Waals surface area contributed by atoms with E-state index in [2.05, 4.69) is 13.8 Å². The number of carbonyl (C=O) groups excluding carboxylic acids is 1. The second kappa shape index (κ2) is 6.61. The van der Waals surface area contributed by atoms with E-state index in [1.807, 2.05) is 11.8 Å². The van der Waals surface area contributed by atoms with Gasteiger partial charge in [0.1, 0.15) is 0 Å². The molecule has 1 N–H and O–H groups in total. The van der Waals surface area contributed by atoms with E-state index in [0.717, 1.165) is 19.3 Å². The van der Waals surface area contributed by atoms with Gasteiger partial charge in [0.05, 0.1) is 6.42 Å². The van der Waals surface area contributed by atoms with Gasteiger partial charge in [-0.15, -0.1) is 0 Å². The van der Waals surface area contributed by atoms with Crippen LogP contribution in [-0.4, -0.2) is 52.1 Å². The summed E-state index contributed by atoms with van der Waals surface area (Å²) < 4.78 is 0. The zero-order chi connectivity index (χ0) is 13.7. The minimum Gasteiger partial charge on any atom is -0.481 e. The lowest BCUT2D eigenvalue weighted by molar-refractivity contribution is -0.137. The lowest BCUT2D eigenvalue weighted by Crippen LogP contribution is -2.53. The highest BCUT2D eigenvalue weighted by Gasteiger charge is 2.31. The highest BCUT2D eigenvalue weighted by molar-refractivity contribution is 5.76. The first-order valence-electron chi connectivity index (χ1n) is 6.76. The van der Waals surface area contributed by atoms with Gasteiger partial charge in [0.25, 0.3) is 0 Å². The zero-order valence-electron chi connectivity index (χ0n) is 11.6. The van der Waals surface area contributed by atoms with Gasteiger partial charge < -0.3 is 14.9 Å². The molecule has 2 amide bonds. The molecule has 0 aromatic rings. The molecule has 1 aliphatic heterocycles. The van der Waals surface area contributed by atoms with Crippen LogP contribution in [0.3, 0.4) is 0 Å². The van der Waals surface area contributed by atoms with E-state index in [0.29, 0.717) is 13.1 Å². The maximum absolute atomic E-state index is 12.4. The Morgan fingerprint density at radius 2 is 1.83 bits per heavy atom. The molecule has 5 nitrogen and oxygen atoms in total. The van der Waals surface area contributed by atoms with E-state index in [4.69, 9.17) is 5.11 Å². The predicted molar refractivity (Wildman–Crippen MR) is 69.5 cm³/mol. The Morgan fingerprint density at radius 3 is 2.28 bits per heavy atom. The van der Waals surface area contributed by atoms with Crippen LogP contribution in [0.4, 0.5) is 4.79 Å². The Kier molecular flexibility index (Phi) is 5.44. The minimum absolute atomic E-state index is 0.0101. The third-order valence-electron chi connectivity index (χ3n) is 3.66. The standard InChI is InChI=1S/C13H24N2O3/c1-4-14(9-8-12(16)17)13(18)15-10(2)6-5-7-11(15)3/h10-11H,4-9H2,1-3H3,(H,16,17)/t10-,11+. The van der Waals surface area contributed by atoms with Crippen molar-refractivity contribution >= 4 is 12.0 Å². The number of rotatable bonds is 4. The number of hydrogen-bond donors (Lipinski definition) is 1. The van der Waals surface area contributed by atoms with Crippen LogP contribution in [0, 0.1) is 0 Å². The first kappa shape index (κ1) is 14.8. The molecular weight excluding hydrogens is 232 g/mol. The molecule has 1 saturated heterocycles. The average Bonchev–Trinajstić information content (AvgIpc) is 2.29. The predicted octanol–water partition coefficient (Wildman–Crippen LogP) is 2.17. The molecule has 0 bridgehead atoms. The van der Waals surface area contributed by atoms with E-state index >= 15 is 0 Å². The lowest BCUT2D eigenvalue weighted by atomic mass is 9.98. The number of urea groups is 1. The third-order valence-corrected chi connectivity index (χ3v) is 3.66. The SMILES string of the molecule is CCN(CCC(=O)O)C(=O)N1[C@H](C)CCC[C@@H]1C. The molecule has 104 valence electrons. The molecular formula is C13H24N2O3. The molecule has 1 aliphatic rings. The number of carbonyl (C=O) groups is 2. The summed E-state index contributed by atoms with van der Waals surface area (Å²) in [6.07, 6.45) is 3.24. The van der Waals surface area contributed by atoms with Crippen LogP contribution in [0.15, 0.2) is 0 Å². The first-order valence-corrected chi connectivity index (χ1v) is 6.76. The topological polar surface area (TPSA) is 60.9 Å². The van der Waals surface area contributed by atoms with Crippen LogP contribution in [0.25, 0.3) is 0 Å². The summed E-state index contributed by atoms with van der Waals surface area (Å²) in [5.41, 5.74) is 0. The number of piperidine rings is 1. The number of carboxylic acids is 1. The maximum Gasteiger partial charge on any atom is 0.320 e. The Morgan fingerprint density at radius 1 is 1.28 bits per heavy atom. The van der Waals surface area contributed by atoms with E-state index in [1.165, 1.54) is 0 Å². The maximum atomic E-state index is 12.4. The van der Waals surface area contributed by atoms with Gasteiger partial charge in [-0.3, -0.25) is 4.79 Å². The fourth-order valence-corrected chi connectivity index (χ4v) is 2.58. The van der Waals surface area contributed by atoms with Crippen LogP contribution < -0.4 is 0 Å². The van der Waals surface area contributed by atoms with Crippen molar-refractivity contribution in [2.45, 2.75) is 58.5 Å². The molecule has 0 saturated carbocycles. The van der Waals surface area contributed by atoms with Gasteiger partial charge in [-0.1, -0.05) is 0 Å². The summed E-state index contributed by atoms with van der Waals surface area (Å²) in [7, 11) is 0. The molecule has 0 spiro atoms. The third kappa shape index (κ3) is 3.62. The van der Waals surface area contributed by atoms with Crippen LogP contribution in [0.2, 0.25) is 0 Å². The average molecular weight is 256 g/mol. The Labute approximate surface area is 109 Å². The second-order valence-electron chi connectivity index (χ2n) is 5.04. The van der Waals surface area contributed by atoms with Gasteiger partial charge in [-0.05, 0) is 40.0 Å². The summed E-state index contributed by atoms with van der Waals surface area (Å²) in [5, 5.41) is 8.70. The zero-order valence-corrected chi connectivity index (χ0v) is 11.6. The van der Waals surface area contributed by atoms with Crippen molar-refractivity contribution in [2.75, 3.05) is 13.1 Å². The highest BCUT2D eigenvalue weighted by atomic mass is 16.4. The minimum atomic E-state index is -0.860. The molecule has 0 aliphatic carbocycles. The molecule has 0 unspecified atom stereocenters. The van der Waals surface area contributed by atoms with Crippen molar-refractivity contribution < 1.29 is 14.7 Å². The summed E-state index contributed by atoms with van der Waals surface area (Å²) in [6, 6.07) is 0.485. The van der Waals surface area contributed by atoms with Crippen molar-refractivity contribution in [1.82, 2.24) is 9.80 Å². The van der Waals surface area contributed by atoms with Crippen molar-refractivity contribution in [3.05, 3.63) is 0 Å². The molecule has 0 radical (unpaired) electrons. The van der Waals surface area contributed by atoms with E-state index < -0.39 is 5.97 Å². The molecule has 0 aromatic heterocycles. The monoisotopic (exact) mass is 256 g/mol. The van der Waals surface area contributed by atoms with Crippen molar-refractivity contribution in [3.63, 3.8) is 0 Å². The Balaban J connectivity index is 2.66. The largest absolute Gasteiger partial charge is 0.481 e. The molecule has 1 heterocycles. The highest BCUT2D eigenvalue weighted by Crippen LogP contribution is 2.23. The van der Waals surface area contributed by atoms with Crippen LogP contribution in [0.1, 0.15) is 46.5 Å². The number of aliphatic carboxylic acids is 1. The summed E-state index contributed by atoms with van der Waals surface area (Å²) in [4.78, 5) is 26.6. The molecule has 5 heteroatoms. The van der Waals surface area contributed by atoms with Gasteiger partial charge in [0, 0.05) is 25.2 Å². The quantitative estimate of drug-likeness (QED) is 0.838. The summed E-state index contributed by atoms with van der Waals surface area (Å²) >= 11 is 0. The van der Waals surface area contributed by atoms with Gasteiger partial charge in [-0.25, -0.2) is 4.79 Å². The van der Waals surface area contributed by atoms with Crippen LogP contribution in [0.5, 0.6) is 0 Å². The molecule has 1 rings (SSSR count). The van der Waals surface area contributed by atoms with E-state index in [-0.39, 0.29) is 24.5 Å². The van der Waals surface area contributed by atoms with E-state index in [1.54, 1.807) is 4.90 Å². The smallest absolute Gasteiger partial charge is 0.320 e. The van der Waals surface area contributed by atoms with Gasteiger partial charge in [0.2, 0.25) is 0 Å². The molecule has 0 aromatic carbocycles. The van der Waals surface area contributed by atoms with Gasteiger partial charge in [-0.2, -0.15) is 0 Å². The number of likely N-dealkylation sites (tertiary alicyclic amines) is 1. The normalized spacial score (nSPS) is 23.8. The Bertz CT molecular complexity index is 297. The van der Waals surface area contributed by atoms with Crippen molar-refractivity contribution in [2.24, 2.45) is 0 Å². The van der Waals surface area contributed by atoms with Crippen molar-refractivity contribution in [3.8, 4) is 0 Å². The van der Waals surface area contributed by atoms with Gasteiger partial charge in [0.15, 0.2) is 0 Å². The number of amides is 2. The molecule has 1 fully saturated rings. The van der Waals surface area contributed by atoms with Crippen LogP contribution in [-0.2, 0) is 4.79 Å². The second-order valence-corrected chi connectivity index (χ2v) is 5.04. The van der Waals surface area contributed by atoms with Crippen molar-refractivity contribution in [1.29, 1.82) is 0 Å². The molecule has 18 heavy (non-hydrogen) atoms. The first-order chi connectivity index (χ1) is 8.47. The number of carboxylic acid groups (broad SMARTS) is 1. The lowest BCUT2D eigenvalue weighted by Gasteiger charge is -2.41. The Hall–Kier alpha value is -1.26.